The third-order valence-corrected chi connectivity index (χ3v) is 1.43. The molecule has 0 heterocycles. The third kappa shape index (κ3) is 3.65. The van der Waals surface area contributed by atoms with E-state index in [2.05, 4.69) is 0 Å². The predicted molar refractivity (Wildman–Crippen MR) is 44.0 cm³/mol. The van der Waals surface area contributed by atoms with Crippen molar-refractivity contribution in [3.63, 3.8) is 0 Å². The summed E-state index contributed by atoms with van der Waals surface area (Å²) in [5.74, 6) is -0.521. The molecule has 0 unspecified atom stereocenters. The number of carbonyl (C=O) groups is 1. The van der Waals surface area contributed by atoms with Crippen molar-refractivity contribution in [3.8, 4) is 0 Å². The summed E-state index contributed by atoms with van der Waals surface area (Å²) >= 11 is 0. The smallest absolute Gasteiger partial charge is 0.333 e. The zero-order valence-electron chi connectivity index (χ0n) is 7.22. The molecule has 0 aromatic carbocycles. The lowest BCUT2D eigenvalue weighted by molar-refractivity contribution is -0.132. The van der Waals surface area contributed by atoms with Gasteiger partial charge in [0.15, 0.2) is 0 Å². The van der Waals surface area contributed by atoms with E-state index in [4.69, 9.17) is 10.8 Å². The Kier molecular flexibility index (Phi) is 3.65. The molecular formula is C8H15NO2. The molecule has 11 heavy (non-hydrogen) atoms. The van der Waals surface area contributed by atoms with Crippen molar-refractivity contribution < 1.29 is 9.90 Å². The molecule has 0 spiro atoms. The van der Waals surface area contributed by atoms with Crippen LogP contribution in [0.5, 0.6) is 0 Å². The molecule has 0 radical (unpaired) electrons. The number of carboxylic acid groups (broad SMARTS) is 1. The lowest BCUT2D eigenvalue weighted by Gasteiger charge is -2.06. The van der Waals surface area contributed by atoms with Gasteiger partial charge in [0.05, 0.1) is 5.57 Å². The van der Waals surface area contributed by atoms with E-state index in [0.29, 0.717) is 18.0 Å². The fourth-order valence-electron chi connectivity index (χ4n) is 0.730. The molecule has 0 aromatic heterocycles. The number of rotatable bonds is 3. The van der Waals surface area contributed by atoms with Crippen LogP contribution in [0.2, 0.25) is 0 Å². The van der Waals surface area contributed by atoms with Gasteiger partial charge in [-0.25, -0.2) is 4.79 Å². The van der Waals surface area contributed by atoms with Gasteiger partial charge in [-0.2, -0.15) is 0 Å². The van der Waals surface area contributed by atoms with Gasteiger partial charge < -0.3 is 10.8 Å². The van der Waals surface area contributed by atoms with Gasteiger partial charge in [0.2, 0.25) is 0 Å². The Morgan fingerprint density at radius 1 is 1.55 bits per heavy atom. The van der Waals surface area contributed by atoms with E-state index in [1.165, 1.54) is 6.92 Å². The van der Waals surface area contributed by atoms with Gasteiger partial charge in [-0.3, -0.25) is 0 Å². The maximum absolute atomic E-state index is 10.4. The van der Waals surface area contributed by atoms with Crippen LogP contribution >= 0.6 is 0 Å². The zero-order valence-corrected chi connectivity index (χ0v) is 7.22. The van der Waals surface area contributed by atoms with Gasteiger partial charge in [-0.05, 0) is 19.3 Å². The van der Waals surface area contributed by atoms with E-state index >= 15 is 0 Å². The number of hydrogen-bond donors (Lipinski definition) is 2. The van der Waals surface area contributed by atoms with E-state index in [9.17, 15) is 4.79 Å². The normalized spacial score (nSPS) is 13.1. The molecule has 0 rings (SSSR count). The highest BCUT2D eigenvalue weighted by molar-refractivity contribution is 5.86. The largest absolute Gasteiger partial charge is 0.478 e. The number of allylic oxidation sites excluding steroid dienone is 1. The van der Waals surface area contributed by atoms with E-state index < -0.39 is 5.97 Å². The Hall–Kier alpha value is -0.990. The molecule has 0 saturated carbocycles. The molecular weight excluding hydrogens is 142 g/mol. The molecule has 3 heteroatoms. The third-order valence-electron chi connectivity index (χ3n) is 1.43. The van der Waals surface area contributed by atoms with E-state index in [0.717, 1.165) is 0 Å². The van der Waals surface area contributed by atoms with Gasteiger partial charge in [-0.15, -0.1) is 0 Å². The van der Waals surface area contributed by atoms with Crippen LogP contribution in [0.4, 0.5) is 0 Å². The summed E-state index contributed by atoms with van der Waals surface area (Å²) in [6.45, 7) is 5.53. The number of carboxylic acids is 1. The van der Waals surface area contributed by atoms with Gasteiger partial charge in [0, 0.05) is 5.70 Å². The van der Waals surface area contributed by atoms with Crippen molar-refractivity contribution >= 4 is 5.97 Å². The standard InChI is InChI=1S/C8H15NO2/c1-5(2)4-7(9)6(3)8(10)11/h5H,4,9H2,1-3H3,(H,10,11). The second-order valence-electron chi connectivity index (χ2n) is 3.05. The molecule has 3 nitrogen and oxygen atoms in total. The zero-order chi connectivity index (χ0) is 9.02. The monoisotopic (exact) mass is 157 g/mol. The van der Waals surface area contributed by atoms with Crippen LogP contribution in [0.3, 0.4) is 0 Å². The summed E-state index contributed by atoms with van der Waals surface area (Å²) in [7, 11) is 0. The Bertz CT molecular complexity index is 183. The van der Waals surface area contributed by atoms with Crippen molar-refractivity contribution in [2.24, 2.45) is 11.7 Å². The van der Waals surface area contributed by atoms with Crippen molar-refractivity contribution in [1.82, 2.24) is 0 Å². The van der Waals surface area contributed by atoms with Crippen LogP contribution in [0.1, 0.15) is 27.2 Å². The lowest BCUT2D eigenvalue weighted by Crippen LogP contribution is -2.10. The second kappa shape index (κ2) is 4.01. The topological polar surface area (TPSA) is 63.3 Å². The summed E-state index contributed by atoms with van der Waals surface area (Å²) in [4.78, 5) is 10.4. The Morgan fingerprint density at radius 2 is 2.00 bits per heavy atom. The number of nitrogens with two attached hydrogens (primary N) is 1. The Balaban J connectivity index is 4.28. The molecule has 0 aliphatic carbocycles. The van der Waals surface area contributed by atoms with Gasteiger partial charge in [-0.1, -0.05) is 13.8 Å². The minimum absolute atomic E-state index is 0.263. The first-order valence-electron chi connectivity index (χ1n) is 3.63. The van der Waals surface area contributed by atoms with Crippen LogP contribution in [-0.4, -0.2) is 11.1 Å². The van der Waals surface area contributed by atoms with Crippen LogP contribution in [0.25, 0.3) is 0 Å². The summed E-state index contributed by atoms with van der Waals surface area (Å²) in [5.41, 5.74) is 6.26. The van der Waals surface area contributed by atoms with Crippen molar-refractivity contribution in [1.29, 1.82) is 0 Å². The van der Waals surface area contributed by atoms with Crippen LogP contribution < -0.4 is 5.73 Å². The summed E-state index contributed by atoms with van der Waals surface area (Å²) in [6.07, 6.45) is 0.651. The van der Waals surface area contributed by atoms with Crippen LogP contribution in [-0.2, 0) is 4.79 Å². The number of hydrogen-bond acceptors (Lipinski definition) is 2. The Labute approximate surface area is 66.9 Å². The van der Waals surface area contributed by atoms with Crippen LogP contribution in [0, 0.1) is 5.92 Å². The molecule has 3 N–H and O–H groups in total. The van der Waals surface area contributed by atoms with Gasteiger partial charge in [0.1, 0.15) is 0 Å². The SMILES string of the molecule is CC(C(=O)O)=C(N)CC(C)C. The maximum Gasteiger partial charge on any atom is 0.333 e. The first kappa shape index (κ1) is 10.0. The molecule has 0 atom stereocenters. The van der Waals surface area contributed by atoms with E-state index in [1.807, 2.05) is 13.8 Å². The van der Waals surface area contributed by atoms with Gasteiger partial charge >= 0.3 is 5.97 Å². The quantitative estimate of drug-likeness (QED) is 0.608. The minimum atomic E-state index is -0.928. The van der Waals surface area contributed by atoms with E-state index in [1.54, 1.807) is 0 Å². The van der Waals surface area contributed by atoms with Gasteiger partial charge in [0.25, 0.3) is 0 Å². The summed E-state index contributed by atoms with van der Waals surface area (Å²) < 4.78 is 0. The van der Waals surface area contributed by atoms with E-state index in [-0.39, 0.29) is 5.57 Å². The minimum Gasteiger partial charge on any atom is -0.478 e. The number of aliphatic carboxylic acids is 1. The average Bonchev–Trinajstić information content (AvgIpc) is 1.84. The molecule has 0 aliphatic heterocycles. The summed E-state index contributed by atoms with van der Waals surface area (Å²) in [6, 6.07) is 0. The van der Waals surface area contributed by atoms with Crippen molar-refractivity contribution in [2.45, 2.75) is 27.2 Å². The van der Waals surface area contributed by atoms with Crippen molar-refractivity contribution in [3.05, 3.63) is 11.3 Å². The average molecular weight is 157 g/mol. The molecule has 64 valence electrons. The highest BCUT2D eigenvalue weighted by Gasteiger charge is 2.06. The Morgan fingerprint density at radius 3 is 2.27 bits per heavy atom. The predicted octanol–water partition coefficient (Wildman–Crippen LogP) is 1.35. The molecule has 0 saturated heterocycles. The maximum atomic E-state index is 10.4. The fraction of sp³-hybridized carbons (Fsp3) is 0.625. The second-order valence-corrected chi connectivity index (χ2v) is 3.05. The van der Waals surface area contributed by atoms with Crippen LogP contribution in [0.15, 0.2) is 11.3 Å². The molecule has 0 aliphatic rings. The highest BCUT2D eigenvalue weighted by atomic mass is 16.4. The van der Waals surface area contributed by atoms with Crippen molar-refractivity contribution in [2.75, 3.05) is 0 Å². The fourth-order valence-corrected chi connectivity index (χ4v) is 0.730. The molecule has 0 fully saturated rings. The summed E-state index contributed by atoms with van der Waals surface area (Å²) in [5, 5.41) is 8.53. The molecule has 0 amide bonds. The highest BCUT2D eigenvalue weighted by Crippen LogP contribution is 2.09. The molecule has 0 aromatic rings. The molecule has 0 bridgehead atoms. The lowest BCUT2D eigenvalue weighted by atomic mass is 10.1. The first-order chi connectivity index (χ1) is 4.95. The first-order valence-corrected chi connectivity index (χ1v) is 3.63.